The van der Waals surface area contributed by atoms with Gasteiger partial charge in [-0.2, -0.15) is 17.5 Å². The number of hydrogen-bond donors (Lipinski definition) is 4. The molecule has 0 bridgehead atoms. The Morgan fingerprint density at radius 1 is 1.19 bits per heavy atom. The van der Waals surface area contributed by atoms with Crippen LogP contribution in [0.3, 0.4) is 0 Å². The summed E-state index contributed by atoms with van der Waals surface area (Å²) in [6, 6.07) is 7.04. The maximum absolute atomic E-state index is 13.0. The molecule has 0 saturated carbocycles. The highest BCUT2D eigenvalue weighted by atomic mass is 32.2. The zero-order chi connectivity index (χ0) is 26.7. The quantitative estimate of drug-likeness (QED) is 0.339. The predicted octanol–water partition coefficient (Wildman–Crippen LogP) is 2.83. The van der Waals surface area contributed by atoms with Gasteiger partial charge in [0, 0.05) is 6.54 Å². The van der Waals surface area contributed by atoms with Crippen LogP contribution in [0.2, 0.25) is 0 Å². The first kappa shape index (κ1) is 27.8. The van der Waals surface area contributed by atoms with Crippen molar-refractivity contribution in [1.29, 1.82) is 0 Å². The van der Waals surface area contributed by atoms with Gasteiger partial charge >= 0.3 is 12.1 Å². The molecule has 196 valence electrons. The number of piperidine rings is 1. The normalized spacial score (nSPS) is 18.9. The molecule has 0 unspecified atom stereocenters. The fourth-order valence-corrected chi connectivity index (χ4v) is 6.21. The summed E-state index contributed by atoms with van der Waals surface area (Å²) in [5.41, 5.74) is -0.586. The van der Waals surface area contributed by atoms with E-state index in [2.05, 4.69) is 10.9 Å². The van der Waals surface area contributed by atoms with Crippen LogP contribution in [-0.2, 0) is 27.6 Å². The Morgan fingerprint density at radius 3 is 2.47 bits per heavy atom. The van der Waals surface area contributed by atoms with E-state index >= 15 is 0 Å². The second-order valence-corrected chi connectivity index (χ2v) is 10.7. The highest BCUT2D eigenvalue weighted by molar-refractivity contribution is 7.89. The largest absolute Gasteiger partial charge is 0.486 e. The van der Waals surface area contributed by atoms with E-state index in [4.69, 9.17) is 9.94 Å². The Bertz CT molecular complexity index is 1310. The van der Waals surface area contributed by atoms with Gasteiger partial charge < -0.3 is 20.2 Å². The molecule has 0 radical (unpaired) electrons. The molecule has 1 aromatic heterocycles. The molecule has 2 atom stereocenters. The summed E-state index contributed by atoms with van der Waals surface area (Å²) in [5, 5.41) is 26.3. The zero-order valence-corrected chi connectivity index (χ0v) is 20.1. The van der Waals surface area contributed by atoms with Crippen LogP contribution in [-0.4, -0.2) is 57.8 Å². The molecule has 1 aliphatic heterocycles. The maximum atomic E-state index is 13.0. The number of carboxylic acid groups (broad SMARTS) is 1. The molecule has 0 aliphatic carbocycles. The first-order valence-electron chi connectivity index (χ1n) is 10.3. The predicted molar refractivity (Wildman–Crippen MR) is 122 cm³/mol. The van der Waals surface area contributed by atoms with Crippen molar-refractivity contribution in [3.8, 4) is 5.75 Å². The molecule has 1 fully saturated rings. The summed E-state index contributed by atoms with van der Waals surface area (Å²) in [6.07, 6.45) is -5.24. The number of nitrogens with zero attached hydrogens (tertiary/aromatic N) is 2. The van der Waals surface area contributed by atoms with Crippen LogP contribution >= 0.6 is 11.3 Å². The molecular formula is C21H22F3N3O7S2. The molecule has 1 aliphatic rings. The van der Waals surface area contributed by atoms with Gasteiger partial charge in [-0.25, -0.2) is 19.3 Å². The molecule has 1 saturated heterocycles. The van der Waals surface area contributed by atoms with Crippen LogP contribution in [0, 0.1) is 0 Å². The van der Waals surface area contributed by atoms with Crippen molar-refractivity contribution >= 4 is 37.5 Å². The zero-order valence-electron chi connectivity index (χ0n) is 18.4. The molecule has 4 rings (SSSR count). The van der Waals surface area contributed by atoms with Crippen molar-refractivity contribution in [2.45, 2.75) is 42.7 Å². The second-order valence-electron chi connectivity index (χ2n) is 7.66. The van der Waals surface area contributed by atoms with Gasteiger partial charge in [0.1, 0.15) is 23.4 Å². The minimum Gasteiger partial charge on any atom is -0.486 e. The lowest BCUT2D eigenvalue weighted by molar-refractivity contribution is -0.146. The fraction of sp³-hybridized carbons (Fsp3) is 0.333. The topological polar surface area (TPSA) is 163 Å². The number of hydrogen-bond acceptors (Lipinski definition) is 9. The van der Waals surface area contributed by atoms with E-state index in [0.29, 0.717) is 21.9 Å². The lowest BCUT2D eigenvalue weighted by Crippen LogP contribution is -2.54. The number of thiazole rings is 1. The standard InChI is InChI=1S/C21H19F3N2O6S2.H3NO/c22-21(23,24)12-3-8-17-15(10-12)25-18(33-17)11-32-13-4-6-14(7-5-13)34(30,31)26-9-1-2-16(27)19(26)20(28)29;1-2/h3-8,10,16,19,27H,1-2,9,11H2,(H,28,29);2H,1H2/t16-,19+;/m0./s1. The van der Waals surface area contributed by atoms with Crippen molar-refractivity contribution in [3.63, 3.8) is 0 Å². The molecular weight excluding hydrogens is 527 g/mol. The number of sulfonamides is 1. The number of fused-ring (bicyclic) bond motifs is 1. The lowest BCUT2D eigenvalue weighted by atomic mass is 10.0. The smallest absolute Gasteiger partial charge is 0.416 e. The molecule has 2 aromatic carbocycles. The minimum atomic E-state index is -4.46. The first-order valence-corrected chi connectivity index (χ1v) is 12.6. The summed E-state index contributed by atoms with van der Waals surface area (Å²) < 4.78 is 71.5. The van der Waals surface area contributed by atoms with Crippen LogP contribution in [0.4, 0.5) is 13.2 Å². The molecule has 3 aromatic rings. The number of aliphatic carboxylic acids is 1. The Morgan fingerprint density at radius 2 is 1.86 bits per heavy atom. The summed E-state index contributed by atoms with van der Waals surface area (Å²) in [7, 11) is -4.17. The minimum absolute atomic E-state index is 0.0255. The van der Waals surface area contributed by atoms with E-state index in [1.54, 1.807) is 0 Å². The number of aromatic nitrogens is 1. The van der Waals surface area contributed by atoms with Crippen molar-refractivity contribution in [3.05, 3.63) is 53.0 Å². The van der Waals surface area contributed by atoms with Gasteiger partial charge in [0.2, 0.25) is 10.0 Å². The number of alkyl halides is 3. The van der Waals surface area contributed by atoms with E-state index in [-0.39, 0.29) is 30.0 Å². The maximum Gasteiger partial charge on any atom is 0.416 e. The van der Waals surface area contributed by atoms with Gasteiger partial charge in [0.05, 0.1) is 26.8 Å². The Hall–Kier alpha value is -2.82. The number of nitrogens with two attached hydrogens (primary N) is 1. The first-order chi connectivity index (χ1) is 17.0. The Kier molecular flexibility index (Phi) is 8.53. The Balaban J connectivity index is 0.00000176. The monoisotopic (exact) mass is 549 g/mol. The summed E-state index contributed by atoms with van der Waals surface area (Å²) in [6.45, 7) is -0.0610. The number of rotatable bonds is 6. The number of halogens is 3. The molecule has 0 spiro atoms. The van der Waals surface area contributed by atoms with Crippen molar-refractivity contribution in [2.75, 3.05) is 6.54 Å². The van der Waals surface area contributed by atoms with Crippen molar-refractivity contribution in [2.24, 2.45) is 5.90 Å². The van der Waals surface area contributed by atoms with Crippen LogP contribution in [0.5, 0.6) is 5.75 Å². The molecule has 15 heteroatoms. The summed E-state index contributed by atoms with van der Waals surface area (Å²) >= 11 is 1.18. The van der Waals surface area contributed by atoms with E-state index in [1.165, 1.54) is 41.7 Å². The van der Waals surface area contributed by atoms with Crippen molar-refractivity contribution < 1.29 is 46.5 Å². The van der Waals surface area contributed by atoms with Crippen LogP contribution in [0.25, 0.3) is 10.2 Å². The van der Waals surface area contributed by atoms with Crippen LogP contribution < -0.4 is 10.6 Å². The van der Waals surface area contributed by atoms with Gasteiger partial charge in [0.15, 0.2) is 0 Å². The van der Waals surface area contributed by atoms with E-state index in [0.717, 1.165) is 16.4 Å². The molecule has 36 heavy (non-hydrogen) atoms. The number of carboxylic acids is 1. The lowest BCUT2D eigenvalue weighted by Gasteiger charge is -2.35. The summed E-state index contributed by atoms with van der Waals surface area (Å²) in [5.74, 6) is 2.37. The summed E-state index contributed by atoms with van der Waals surface area (Å²) in [4.78, 5) is 15.5. The number of ether oxygens (including phenoxy) is 1. The highest BCUT2D eigenvalue weighted by Gasteiger charge is 2.42. The third kappa shape index (κ3) is 5.93. The number of benzene rings is 2. The third-order valence-electron chi connectivity index (χ3n) is 5.36. The molecule has 2 heterocycles. The van der Waals surface area contributed by atoms with E-state index in [9.17, 15) is 36.6 Å². The second kappa shape index (κ2) is 11.1. The van der Waals surface area contributed by atoms with Crippen LogP contribution in [0.1, 0.15) is 23.4 Å². The van der Waals surface area contributed by atoms with Crippen LogP contribution in [0.15, 0.2) is 47.4 Å². The molecule has 10 nitrogen and oxygen atoms in total. The SMILES string of the molecule is NO.O=C(O)[C@H]1[C@@H](O)CCCN1S(=O)(=O)c1ccc(OCc2nc3cc(C(F)(F)F)ccc3s2)cc1. The van der Waals surface area contributed by atoms with Gasteiger partial charge in [-0.3, -0.25) is 4.79 Å². The molecule has 5 N–H and O–H groups in total. The number of carbonyl (C=O) groups is 1. The number of aliphatic hydroxyl groups excluding tert-OH is 1. The van der Waals surface area contributed by atoms with Gasteiger partial charge in [-0.05, 0) is 55.3 Å². The highest BCUT2D eigenvalue weighted by Crippen LogP contribution is 2.33. The van der Waals surface area contributed by atoms with Gasteiger partial charge in [0.25, 0.3) is 0 Å². The van der Waals surface area contributed by atoms with E-state index in [1.807, 2.05) is 0 Å². The number of aliphatic hydroxyl groups is 1. The molecule has 0 amide bonds. The van der Waals surface area contributed by atoms with Gasteiger partial charge in [-0.1, -0.05) is 0 Å². The van der Waals surface area contributed by atoms with E-state index < -0.39 is 39.9 Å². The average molecular weight is 550 g/mol. The van der Waals surface area contributed by atoms with Crippen molar-refractivity contribution in [1.82, 2.24) is 9.29 Å². The third-order valence-corrected chi connectivity index (χ3v) is 8.26. The Labute approximate surface area is 207 Å². The van der Waals surface area contributed by atoms with Gasteiger partial charge in [-0.15, -0.1) is 11.3 Å². The fourth-order valence-electron chi connectivity index (χ4n) is 3.70. The average Bonchev–Trinajstić information content (AvgIpc) is 3.25.